The molecular formula is C22H24N2O5. The third-order valence-electron chi connectivity index (χ3n) is 5.16. The molecule has 1 unspecified atom stereocenters. The predicted octanol–water partition coefficient (Wildman–Crippen LogP) is 2.49. The smallest absolute Gasteiger partial charge is 0.306 e. The van der Waals surface area contributed by atoms with Gasteiger partial charge < -0.3 is 20.1 Å². The van der Waals surface area contributed by atoms with Gasteiger partial charge in [-0.3, -0.25) is 14.4 Å². The van der Waals surface area contributed by atoms with E-state index >= 15 is 0 Å². The number of carboxylic acids is 1. The van der Waals surface area contributed by atoms with Gasteiger partial charge in [0, 0.05) is 18.7 Å². The average molecular weight is 396 g/mol. The van der Waals surface area contributed by atoms with Gasteiger partial charge in [0.2, 0.25) is 5.91 Å². The molecule has 1 atom stereocenters. The highest BCUT2D eigenvalue weighted by Gasteiger charge is 2.32. The van der Waals surface area contributed by atoms with E-state index in [4.69, 9.17) is 9.84 Å². The number of rotatable bonds is 6. The standard InChI is InChI=1S/C22H24N2O5/c1-29-18-9-7-16(8-10-18)20(25)23-19(15-5-3-2-4-6-15)21(26)24-13-11-17(12-14-24)22(27)28/h2-10,17,19H,11-14H2,1H3,(H,23,25)(H,27,28). The van der Waals surface area contributed by atoms with E-state index < -0.39 is 17.9 Å². The second-order valence-corrected chi connectivity index (χ2v) is 6.98. The van der Waals surface area contributed by atoms with Gasteiger partial charge in [-0.2, -0.15) is 0 Å². The van der Waals surface area contributed by atoms with E-state index in [2.05, 4.69) is 5.32 Å². The van der Waals surface area contributed by atoms with Crippen molar-refractivity contribution in [1.82, 2.24) is 10.2 Å². The average Bonchev–Trinajstić information content (AvgIpc) is 2.77. The van der Waals surface area contributed by atoms with Gasteiger partial charge in [0.25, 0.3) is 5.91 Å². The summed E-state index contributed by atoms with van der Waals surface area (Å²) in [4.78, 5) is 38.7. The van der Waals surface area contributed by atoms with Crippen LogP contribution in [0.25, 0.3) is 0 Å². The number of likely N-dealkylation sites (tertiary alicyclic amines) is 1. The SMILES string of the molecule is COc1ccc(C(=O)NC(C(=O)N2CCC(C(=O)O)CC2)c2ccccc2)cc1. The Balaban J connectivity index is 1.77. The molecular weight excluding hydrogens is 372 g/mol. The number of hydrogen-bond donors (Lipinski definition) is 2. The Morgan fingerprint density at radius 2 is 1.66 bits per heavy atom. The largest absolute Gasteiger partial charge is 0.497 e. The first-order valence-corrected chi connectivity index (χ1v) is 9.51. The number of nitrogens with one attached hydrogen (secondary N) is 1. The van der Waals surface area contributed by atoms with Gasteiger partial charge in [-0.15, -0.1) is 0 Å². The van der Waals surface area contributed by atoms with Crippen molar-refractivity contribution in [3.8, 4) is 5.75 Å². The fourth-order valence-electron chi connectivity index (χ4n) is 3.42. The Hall–Kier alpha value is -3.35. The summed E-state index contributed by atoms with van der Waals surface area (Å²) in [6.07, 6.45) is 0.823. The quantitative estimate of drug-likeness (QED) is 0.782. The van der Waals surface area contributed by atoms with Crippen LogP contribution in [0.15, 0.2) is 54.6 Å². The third-order valence-corrected chi connectivity index (χ3v) is 5.16. The molecule has 1 fully saturated rings. The molecule has 2 aromatic rings. The van der Waals surface area contributed by atoms with Crippen LogP contribution < -0.4 is 10.1 Å². The van der Waals surface area contributed by atoms with Crippen molar-refractivity contribution < 1.29 is 24.2 Å². The van der Waals surface area contributed by atoms with E-state index in [9.17, 15) is 14.4 Å². The number of methoxy groups -OCH3 is 1. The van der Waals surface area contributed by atoms with Crippen LogP contribution in [0, 0.1) is 5.92 Å². The Kier molecular flexibility index (Phi) is 6.49. The monoisotopic (exact) mass is 396 g/mol. The lowest BCUT2D eigenvalue weighted by Gasteiger charge is -2.33. The minimum Gasteiger partial charge on any atom is -0.497 e. The lowest BCUT2D eigenvalue weighted by atomic mass is 9.95. The molecule has 0 saturated carbocycles. The minimum atomic E-state index is -0.841. The van der Waals surface area contributed by atoms with Gasteiger partial charge in [-0.25, -0.2) is 0 Å². The molecule has 7 nitrogen and oxygen atoms in total. The molecule has 3 rings (SSSR count). The molecule has 0 bridgehead atoms. The Labute approximate surface area is 169 Å². The Bertz CT molecular complexity index is 859. The highest BCUT2D eigenvalue weighted by Crippen LogP contribution is 2.23. The lowest BCUT2D eigenvalue weighted by molar-refractivity contribution is -0.146. The molecule has 1 aliphatic rings. The van der Waals surface area contributed by atoms with Crippen molar-refractivity contribution >= 4 is 17.8 Å². The second-order valence-electron chi connectivity index (χ2n) is 6.98. The molecule has 29 heavy (non-hydrogen) atoms. The van der Waals surface area contributed by atoms with Gasteiger partial charge in [0.1, 0.15) is 11.8 Å². The van der Waals surface area contributed by atoms with Crippen molar-refractivity contribution in [3.05, 3.63) is 65.7 Å². The fraction of sp³-hybridized carbons (Fsp3) is 0.318. The summed E-state index contributed by atoms with van der Waals surface area (Å²) >= 11 is 0. The number of ether oxygens (including phenoxy) is 1. The van der Waals surface area contributed by atoms with Crippen LogP contribution in [0.4, 0.5) is 0 Å². The fourth-order valence-corrected chi connectivity index (χ4v) is 3.42. The van der Waals surface area contributed by atoms with Crippen LogP contribution in [-0.4, -0.2) is 48.0 Å². The molecule has 2 aromatic carbocycles. The summed E-state index contributed by atoms with van der Waals surface area (Å²) in [6, 6.07) is 14.9. The van der Waals surface area contributed by atoms with Gasteiger partial charge in [0.05, 0.1) is 13.0 Å². The van der Waals surface area contributed by atoms with Crippen molar-refractivity contribution in [1.29, 1.82) is 0 Å². The number of nitrogens with zero attached hydrogens (tertiary/aromatic N) is 1. The molecule has 0 aliphatic carbocycles. The molecule has 1 saturated heterocycles. The highest BCUT2D eigenvalue weighted by molar-refractivity contribution is 5.98. The maximum atomic E-state index is 13.2. The van der Waals surface area contributed by atoms with Crippen LogP contribution in [-0.2, 0) is 9.59 Å². The van der Waals surface area contributed by atoms with E-state index in [1.165, 1.54) is 0 Å². The number of amides is 2. The number of hydrogen-bond acceptors (Lipinski definition) is 4. The molecule has 0 spiro atoms. The van der Waals surface area contributed by atoms with Crippen molar-refractivity contribution in [2.24, 2.45) is 5.92 Å². The summed E-state index contributed by atoms with van der Waals surface area (Å²) in [5.41, 5.74) is 1.10. The first-order valence-electron chi connectivity index (χ1n) is 9.51. The topological polar surface area (TPSA) is 95.9 Å². The zero-order chi connectivity index (χ0) is 20.8. The Morgan fingerprint density at radius 1 is 1.03 bits per heavy atom. The minimum absolute atomic E-state index is 0.234. The van der Waals surface area contributed by atoms with Crippen LogP contribution in [0.2, 0.25) is 0 Å². The first kappa shape index (κ1) is 20.4. The number of piperidine rings is 1. The summed E-state index contributed by atoms with van der Waals surface area (Å²) < 4.78 is 5.11. The Morgan fingerprint density at radius 3 is 2.21 bits per heavy atom. The molecule has 7 heteroatoms. The molecule has 1 heterocycles. The van der Waals surface area contributed by atoms with E-state index in [0.29, 0.717) is 42.8 Å². The van der Waals surface area contributed by atoms with Crippen LogP contribution >= 0.6 is 0 Å². The van der Waals surface area contributed by atoms with Crippen LogP contribution in [0.3, 0.4) is 0 Å². The highest BCUT2D eigenvalue weighted by atomic mass is 16.5. The number of benzene rings is 2. The summed E-state index contributed by atoms with van der Waals surface area (Å²) in [7, 11) is 1.55. The lowest BCUT2D eigenvalue weighted by Crippen LogP contribution is -2.46. The molecule has 1 aliphatic heterocycles. The van der Waals surface area contributed by atoms with Crippen LogP contribution in [0.5, 0.6) is 5.75 Å². The zero-order valence-corrected chi connectivity index (χ0v) is 16.2. The van der Waals surface area contributed by atoms with Gasteiger partial charge >= 0.3 is 5.97 Å². The number of aliphatic carboxylic acids is 1. The number of carboxylic acid groups (broad SMARTS) is 1. The first-order chi connectivity index (χ1) is 14.0. The maximum Gasteiger partial charge on any atom is 0.306 e. The molecule has 2 N–H and O–H groups in total. The van der Waals surface area contributed by atoms with Gasteiger partial charge in [0.15, 0.2) is 0 Å². The summed E-state index contributed by atoms with van der Waals surface area (Å²) in [5, 5.41) is 12.0. The van der Waals surface area contributed by atoms with Crippen molar-refractivity contribution in [3.63, 3.8) is 0 Å². The maximum absolute atomic E-state index is 13.2. The number of carbonyl (C=O) groups is 3. The molecule has 0 aromatic heterocycles. The normalized spacial score (nSPS) is 15.4. The van der Waals surface area contributed by atoms with E-state index in [0.717, 1.165) is 0 Å². The van der Waals surface area contributed by atoms with E-state index in [-0.39, 0.29) is 11.8 Å². The van der Waals surface area contributed by atoms with Gasteiger partial charge in [-0.1, -0.05) is 30.3 Å². The van der Waals surface area contributed by atoms with E-state index in [1.807, 2.05) is 18.2 Å². The van der Waals surface area contributed by atoms with E-state index in [1.54, 1.807) is 48.4 Å². The zero-order valence-electron chi connectivity index (χ0n) is 16.2. The molecule has 2 amide bonds. The number of carbonyl (C=O) groups excluding carboxylic acids is 2. The predicted molar refractivity (Wildman–Crippen MR) is 107 cm³/mol. The summed E-state index contributed by atoms with van der Waals surface area (Å²) in [5.74, 6) is -1.22. The van der Waals surface area contributed by atoms with Crippen molar-refractivity contribution in [2.75, 3.05) is 20.2 Å². The second kappa shape index (κ2) is 9.23. The molecule has 152 valence electrons. The third kappa shape index (κ3) is 4.93. The molecule has 0 radical (unpaired) electrons. The van der Waals surface area contributed by atoms with Crippen LogP contribution in [0.1, 0.15) is 34.8 Å². The summed E-state index contributed by atoms with van der Waals surface area (Å²) in [6.45, 7) is 0.717. The van der Waals surface area contributed by atoms with Gasteiger partial charge in [-0.05, 0) is 42.7 Å². The van der Waals surface area contributed by atoms with Crippen molar-refractivity contribution in [2.45, 2.75) is 18.9 Å².